The predicted molar refractivity (Wildman–Crippen MR) is 82.6 cm³/mol. The van der Waals surface area contributed by atoms with Crippen molar-refractivity contribution in [3.05, 3.63) is 40.2 Å². The number of hydrogen-bond donors (Lipinski definition) is 2. The highest BCUT2D eigenvalue weighted by atomic mass is 35.5. The molecule has 0 unspecified atom stereocenters. The number of thiol groups is 1. The maximum atomic E-state index is 11.7. The van der Waals surface area contributed by atoms with Gasteiger partial charge in [-0.15, -0.1) is 12.6 Å². The number of nitrogens with one attached hydrogen (secondary N) is 1. The fourth-order valence-corrected chi connectivity index (χ4v) is 2.45. The zero-order valence-electron chi connectivity index (χ0n) is 11.4. The van der Waals surface area contributed by atoms with E-state index in [9.17, 15) is 4.79 Å². The van der Waals surface area contributed by atoms with Crippen molar-refractivity contribution < 1.29 is 4.79 Å². The Morgan fingerprint density at radius 1 is 1.25 bits per heavy atom. The summed E-state index contributed by atoms with van der Waals surface area (Å²) in [7, 11) is 1.56. The number of carbonyl (C=O) groups excluding carboxylic acids is 1. The number of nitrogens with zero attached hydrogens (tertiary/aromatic N) is 2. The van der Waals surface area contributed by atoms with Crippen molar-refractivity contribution in [2.24, 2.45) is 0 Å². The highest BCUT2D eigenvalue weighted by Gasteiger charge is 2.16. The third-order valence-electron chi connectivity index (χ3n) is 2.81. The second-order valence-electron chi connectivity index (χ2n) is 4.38. The molecule has 1 heterocycles. The minimum Gasteiger partial charge on any atom is -0.355 e. The van der Waals surface area contributed by atoms with E-state index in [1.807, 2.05) is 19.9 Å². The third kappa shape index (κ3) is 2.78. The number of halogens is 1. The fraction of sp³-hybridized carbons (Fsp3) is 0.214. The molecule has 0 fully saturated rings. The molecule has 1 aromatic carbocycles. The van der Waals surface area contributed by atoms with Gasteiger partial charge in [-0.1, -0.05) is 11.6 Å². The Hall–Kier alpha value is -1.59. The number of aryl methyl sites for hydroxylation is 2. The Morgan fingerprint density at radius 2 is 1.85 bits per heavy atom. The van der Waals surface area contributed by atoms with Gasteiger partial charge in [0.15, 0.2) is 5.82 Å². The minimum atomic E-state index is -0.232. The smallest absolute Gasteiger partial charge is 0.252 e. The molecule has 2 rings (SSSR count). The lowest BCUT2D eigenvalue weighted by Crippen LogP contribution is -2.18. The molecule has 0 bridgehead atoms. The molecule has 0 saturated carbocycles. The van der Waals surface area contributed by atoms with Gasteiger partial charge in [0.1, 0.15) is 0 Å². The molecule has 0 aliphatic carbocycles. The third-order valence-corrected chi connectivity index (χ3v) is 3.80. The van der Waals surface area contributed by atoms with Crippen molar-refractivity contribution in [3.8, 4) is 11.4 Å². The Labute approximate surface area is 128 Å². The van der Waals surface area contributed by atoms with E-state index in [-0.39, 0.29) is 5.91 Å². The van der Waals surface area contributed by atoms with Crippen molar-refractivity contribution in [2.45, 2.75) is 18.7 Å². The van der Waals surface area contributed by atoms with Crippen LogP contribution in [-0.4, -0.2) is 22.9 Å². The van der Waals surface area contributed by atoms with E-state index in [0.717, 1.165) is 11.4 Å². The van der Waals surface area contributed by atoms with Gasteiger partial charge in [-0.3, -0.25) is 4.79 Å². The number of carbonyl (C=O) groups is 1. The molecule has 0 aliphatic heterocycles. The first-order valence-corrected chi connectivity index (χ1v) is 6.82. The van der Waals surface area contributed by atoms with E-state index in [4.69, 9.17) is 11.6 Å². The van der Waals surface area contributed by atoms with E-state index < -0.39 is 0 Å². The summed E-state index contributed by atoms with van der Waals surface area (Å²) in [5.41, 5.74) is 2.81. The summed E-state index contributed by atoms with van der Waals surface area (Å²) in [6, 6.07) is 5.29. The lowest BCUT2D eigenvalue weighted by atomic mass is 10.1. The topological polar surface area (TPSA) is 54.9 Å². The molecule has 0 radical (unpaired) electrons. The maximum Gasteiger partial charge on any atom is 0.252 e. The van der Waals surface area contributed by atoms with Crippen LogP contribution < -0.4 is 5.32 Å². The molecular weight excluding hydrogens is 294 g/mol. The molecule has 1 amide bonds. The van der Waals surface area contributed by atoms with Gasteiger partial charge >= 0.3 is 0 Å². The first kappa shape index (κ1) is 14.8. The molecule has 0 spiro atoms. The monoisotopic (exact) mass is 307 g/mol. The van der Waals surface area contributed by atoms with Crippen LogP contribution in [0.3, 0.4) is 0 Å². The summed E-state index contributed by atoms with van der Waals surface area (Å²) >= 11 is 10.6. The largest absolute Gasteiger partial charge is 0.355 e. The number of rotatable bonds is 2. The predicted octanol–water partition coefficient (Wildman–Crippen LogP) is 3.06. The van der Waals surface area contributed by atoms with Crippen LogP contribution in [0.5, 0.6) is 0 Å². The Balaban J connectivity index is 2.59. The summed E-state index contributed by atoms with van der Waals surface area (Å²) < 4.78 is 0. The molecule has 1 N–H and O–H groups in total. The van der Waals surface area contributed by atoms with Crippen LogP contribution in [-0.2, 0) is 0 Å². The zero-order chi connectivity index (χ0) is 14.9. The number of aromatic nitrogens is 2. The number of hydrogen-bond acceptors (Lipinski definition) is 4. The van der Waals surface area contributed by atoms with Crippen molar-refractivity contribution in [1.29, 1.82) is 0 Å². The van der Waals surface area contributed by atoms with Crippen molar-refractivity contribution >= 4 is 30.1 Å². The second-order valence-corrected chi connectivity index (χ2v) is 5.20. The average Bonchev–Trinajstić information content (AvgIpc) is 2.39. The summed E-state index contributed by atoms with van der Waals surface area (Å²) in [4.78, 5) is 20.9. The molecule has 104 valence electrons. The molecule has 6 heteroatoms. The summed E-state index contributed by atoms with van der Waals surface area (Å²) in [6.07, 6.45) is 0. The Morgan fingerprint density at radius 3 is 2.40 bits per heavy atom. The van der Waals surface area contributed by atoms with Crippen LogP contribution >= 0.6 is 24.2 Å². The van der Waals surface area contributed by atoms with Crippen molar-refractivity contribution in [2.75, 3.05) is 7.05 Å². The first-order chi connectivity index (χ1) is 9.43. The summed E-state index contributed by atoms with van der Waals surface area (Å²) in [5.74, 6) is 0.302. The van der Waals surface area contributed by atoms with E-state index in [0.29, 0.717) is 26.9 Å². The van der Waals surface area contributed by atoms with Gasteiger partial charge in [-0.05, 0) is 32.0 Å². The molecule has 0 aliphatic rings. The molecule has 1 aromatic heterocycles. The lowest BCUT2D eigenvalue weighted by Gasteiger charge is -2.10. The average molecular weight is 308 g/mol. The minimum absolute atomic E-state index is 0.232. The quantitative estimate of drug-likeness (QED) is 0.838. The molecule has 4 nitrogen and oxygen atoms in total. The first-order valence-electron chi connectivity index (χ1n) is 6.00. The van der Waals surface area contributed by atoms with Crippen LogP contribution in [0.25, 0.3) is 11.4 Å². The maximum absolute atomic E-state index is 11.7. The van der Waals surface area contributed by atoms with Crippen molar-refractivity contribution in [1.82, 2.24) is 15.3 Å². The SMILES string of the molecule is CNC(=O)c1ccc(-c2nc(C)cc(C)n2)c(Cl)c1S. The molecule has 2 aromatic rings. The zero-order valence-corrected chi connectivity index (χ0v) is 13.0. The number of amides is 1. The van der Waals surface area contributed by atoms with E-state index in [1.165, 1.54) is 0 Å². The summed E-state index contributed by atoms with van der Waals surface area (Å²) in [6.45, 7) is 3.79. The molecule has 0 atom stereocenters. The highest BCUT2D eigenvalue weighted by molar-refractivity contribution is 7.80. The number of benzene rings is 1. The normalized spacial score (nSPS) is 10.4. The van der Waals surface area contributed by atoms with Crippen LogP contribution in [0, 0.1) is 13.8 Å². The van der Waals surface area contributed by atoms with Crippen LogP contribution in [0.2, 0.25) is 5.02 Å². The van der Waals surface area contributed by atoms with Gasteiger partial charge in [-0.2, -0.15) is 0 Å². The Bertz CT molecular complexity index is 668. The van der Waals surface area contributed by atoms with E-state index in [2.05, 4.69) is 27.9 Å². The lowest BCUT2D eigenvalue weighted by molar-refractivity contribution is 0.0960. The van der Waals surface area contributed by atoms with Gasteiger partial charge in [-0.25, -0.2) is 9.97 Å². The highest BCUT2D eigenvalue weighted by Crippen LogP contribution is 2.33. The van der Waals surface area contributed by atoms with E-state index >= 15 is 0 Å². The molecule has 20 heavy (non-hydrogen) atoms. The van der Waals surface area contributed by atoms with Crippen LogP contribution in [0.4, 0.5) is 0 Å². The Kier molecular flexibility index (Phi) is 4.30. The summed E-state index contributed by atoms with van der Waals surface area (Å²) in [5, 5.41) is 2.92. The fourth-order valence-electron chi connectivity index (χ4n) is 1.90. The van der Waals surface area contributed by atoms with Gasteiger partial charge in [0, 0.05) is 28.9 Å². The van der Waals surface area contributed by atoms with Gasteiger partial charge in [0.2, 0.25) is 0 Å². The van der Waals surface area contributed by atoms with Gasteiger partial charge in [0.05, 0.1) is 10.6 Å². The van der Waals surface area contributed by atoms with Crippen molar-refractivity contribution in [3.63, 3.8) is 0 Å². The van der Waals surface area contributed by atoms with Gasteiger partial charge in [0.25, 0.3) is 5.91 Å². The molecule has 0 saturated heterocycles. The molecular formula is C14H14ClN3OS. The van der Waals surface area contributed by atoms with E-state index in [1.54, 1.807) is 19.2 Å². The van der Waals surface area contributed by atoms with Gasteiger partial charge < -0.3 is 5.32 Å². The standard InChI is InChI=1S/C14H14ClN3OS/c1-7-6-8(2)18-13(17-7)9-4-5-10(14(19)16-3)12(20)11(9)15/h4-6,20H,1-3H3,(H,16,19). The second kappa shape index (κ2) is 5.81. The van der Waals surface area contributed by atoms with Crippen LogP contribution in [0.15, 0.2) is 23.1 Å². The van der Waals surface area contributed by atoms with Crippen LogP contribution in [0.1, 0.15) is 21.7 Å².